The molecule has 0 aromatic heterocycles. The molecule has 1 saturated heterocycles. The highest BCUT2D eigenvalue weighted by Crippen LogP contribution is 2.40. The first kappa shape index (κ1) is 25.3. The van der Waals surface area contributed by atoms with Crippen molar-refractivity contribution in [2.24, 2.45) is 0 Å². The van der Waals surface area contributed by atoms with Crippen LogP contribution in [0.15, 0.2) is 77.7 Å². The van der Waals surface area contributed by atoms with E-state index in [-0.39, 0.29) is 24.7 Å². The van der Waals surface area contributed by atoms with E-state index in [9.17, 15) is 9.90 Å². The number of amides is 1. The number of thioether (sulfide) groups is 1. The van der Waals surface area contributed by atoms with Crippen LogP contribution in [0.25, 0.3) is 0 Å². The Labute approximate surface area is 210 Å². The van der Waals surface area contributed by atoms with E-state index in [2.05, 4.69) is 11.4 Å². The maximum atomic E-state index is 11.2. The van der Waals surface area contributed by atoms with Crippen molar-refractivity contribution >= 4 is 17.7 Å². The molecule has 7 heteroatoms. The van der Waals surface area contributed by atoms with Gasteiger partial charge in [-0.1, -0.05) is 60.7 Å². The Morgan fingerprint density at radius 1 is 1.00 bits per heavy atom. The Bertz CT molecular complexity index is 1100. The van der Waals surface area contributed by atoms with Gasteiger partial charge in [0.2, 0.25) is 5.91 Å². The number of nitrogens with one attached hydrogen (secondary N) is 1. The van der Waals surface area contributed by atoms with Crippen LogP contribution in [-0.2, 0) is 27.4 Å². The minimum absolute atomic E-state index is 0.0144. The number of benzene rings is 3. The van der Waals surface area contributed by atoms with Gasteiger partial charge in [-0.25, -0.2) is 0 Å². The zero-order valence-corrected chi connectivity index (χ0v) is 20.8. The molecule has 0 radical (unpaired) electrons. The van der Waals surface area contributed by atoms with Crippen LogP contribution < -0.4 is 10.1 Å². The Balaban J connectivity index is 1.51. The van der Waals surface area contributed by atoms with Gasteiger partial charge in [0.25, 0.3) is 0 Å². The minimum Gasteiger partial charge on any atom is -0.496 e. The molecule has 1 aliphatic rings. The first-order chi connectivity index (χ1) is 17.1. The van der Waals surface area contributed by atoms with E-state index in [1.165, 1.54) is 6.92 Å². The number of methoxy groups -OCH3 is 1. The fourth-order valence-electron chi connectivity index (χ4n) is 3.96. The molecule has 1 fully saturated rings. The molecule has 3 aromatic carbocycles. The summed E-state index contributed by atoms with van der Waals surface area (Å²) in [5, 5.41) is 12.2. The lowest BCUT2D eigenvalue weighted by Crippen LogP contribution is -2.31. The van der Waals surface area contributed by atoms with Gasteiger partial charge >= 0.3 is 0 Å². The number of rotatable bonds is 9. The number of hydrogen-bond acceptors (Lipinski definition) is 6. The molecule has 4 rings (SSSR count). The van der Waals surface area contributed by atoms with Crippen molar-refractivity contribution in [1.29, 1.82) is 0 Å². The Kier molecular flexibility index (Phi) is 8.82. The van der Waals surface area contributed by atoms with E-state index in [0.29, 0.717) is 6.54 Å². The van der Waals surface area contributed by atoms with Crippen LogP contribution in [0.5, 0.6) is 5.75 Å². The van der Waals surface area contributed by atoms with Crippen LogP contribution in [0.4, 0.5) is 0 Å². The maximum Gasteiger partial charge on any atom is 0.217 e. The van der Waals surface area contributed by atoms with Gasteiger partial charge in [-0.2, -0.15) is 0 Å². The van der Waals surface area contributed by atoms with E-state index in [1.54, 1.807) is 18.9 Å². The third-order valence-corrected chi connectivity index (χ3v) is 7.09. The highest BCUT2D eigenvalue weighted by Gasteiger charge is 2.32. The van der Waals surface area contributed by atoms with E-state index in [0.717, 1.165) is 45.1 Å². The van der Waals surface area contributed by atoms with Gasteiger partial charge in [0.05, 0.1) is 25.9 Å². The molecule has 35 heavy (non-hydrogen) atoms. The van der Waals surface area contributed by atoms with Gasteiger partial charge in [0.1, 0.15) is 5.75 Å². The number of hydrogen-bond donors (Lipinski definition) is 2. The molecule has 1 aliphatic heterocycles. The second kappa shape index (κ2) is 12.2. The molecule has 1 heterocycles. The monoisotopic (exact) mass is 493 g/mol. The molecule has 6 nitrogen and oxygen atoms in total. The quantitative estimate of drug-likeness (QED) is 0.401. The fourth-order valence-corrected chi connectivity index (χ4v) is 5.01. The normalized spacial score (nSPS) is 19.8. The lowest BCUT2D eigenvalue weighted by atomic mass is 10.0. The van der Waals surface area contributed by atoms with E-state index in [4.69, 9.17) is 14.2 Å². The van der Waals surface area contributed by atoms with Crippen LogP contribution in [0.2, 0.25) is 0 Å². The second-order valence-electron chi connectivity index (χ2n) is 8.46. The maximum absolute atomic E-state index is 11.2. The van der Waals surface area contributed by atoms with Crippen LogP contribution in [-0.4, -0.2) is 30.0 Å². The molecule has 1 amide bonds. The van der Waals surface area contributed by atoms with Crippen molar-refractivity contribution in [1.82, 2.24) is 5.32 Å². The number of aliphatic hydroxyl groups is 1. The first-order valence-electron chi connectivity index (χ1n) is 11.7. The smallest absolute Gasteiger partial charge is 0.217 e. The van der Waals surface area contributed by atoms with E-state index < -0.39 is 6.29 Å². The Morgan fingerprint density at radius 3 is 2.37 bits per heavy atom. The van der Waals surface area contributed by atoms with Gasteiger partial charge in [0, 0.05) is 36.1 Å². The predicted octanol–water partition coefficient (Wildman–Crippen LogP) is 5.16. The second-order valence-corrected chi connectivity index (χ2v) is 9.53. The van der Waals surface area contributed by atoms with Crippen LogP contribution >= 0.6 is 11.8 Å². The van der Waals surface area contributed by atoms with Crippen molar-refractivity contribution in [3.05, 3.63) is 95.1 Å². The standard InChI is InChI=1S/C28H31NO5S/c1-19(31)29-16-20-7-13-23(14-8-20)28-33-24(18-35-27-6-4-3-5-25(27)32-2)15-26(34-28)22-11-9-21(17-30)10-12-22/h3-14,24,26,28,30H,15-18H2,1-2H3,(H,29,31). The van der Waals surface area contributed by atoms with Gasteiger partial charge < -0.3 is 24.6 Å². The van der Waals surface area contributed by atoms with Crippen molar-refractivity contribution in [3.63, 3.8) is 0 Å². The summed E-state index contributed by atoms with van der Waals surface area (Å²) in [4.78, 5) is 12.3. The zero-order valence-electron chi connectivity index (χ0n) is 20.0. The molecule has 0 saturated carbocycles. The van der Waals surface area contributed by atoms with E-state index in [1.807, 2.05) is 66.7 Å². The molecule has 0 aliphatic carbocycles. The summed E-state index contributed by atoms with van der Waals surface area (Å²) in [6.45, 7) is 2.01. The average Bonchev–Trinajstić information content (AvgIpc) is 2.91. The highest BCUT2D eigenvalue weighted by molar-refractivity contribution is 7.99. The summed E-state index contributed by atoms with van der Waals surface area (Å²) >= 11 is 1.71. The molecule has 3 atom stereocenters. The molecule has 2 N–H and O–H groups in total. The molecule has 184 valence electrons. The number of carbonyl (C=O) groups is 1. The first-order valence-corrected chi connectivity index (χ1v) is 12.6. The van der Waals surface area contributed by atoms with Crippen molar-refractivity contribution < 1.29 is 24.1 Å². The van der Waals surface area contributed by atoms with Crippen molar-refractivity contribution in [2.45, 2.75) is 49.9 Å². The van der Waals surface area contributed by atoms with Crippen LogP contribution in [0, 0.1) is 0 Å². The number of aliphatic hydroxyl groups excluding tert-OH is 1. The Morgan fingerprint density at radius 2 is 1.69 bits per heavy atom. The van der Waals surface area contributed by atoms with Crippen molar-refractivity contribution in [2.75, 3.05) is 12.9 Å². The fraction of sp³-hybridized carbons (Fsp3) is 0.321. The lowest BCUT2D eigenvalue weighted by molar-refractivity contribution is -0.245. The van der Waals surface area contributed by atoms with Gasteiger partial charge in [-0.05, 0) is 28.8 Å². The van der Waals surface area contributed by atoms with Gasteiger partial charge in [-0.3, -0.25) is 4.79 Å². The molecule has 3 unspecified atom stereocenters. The Hall–Kier alpha value is -2.84. The van der Waals surface area contributed by atoms with Crippen LogP contribution in [0.3, 0.4) is 0 Å². The molecule has 0 bridgehead atoms. The number of para-hydroxylation sites is 1. The summed E-state index contributed by atoms with van der Waals surface area (Å²) < 4.78 is 18.3. The van der Waals surface area contributed by atoms with Gasteiger partial charge in [0.15, 0.2) is 6.29 Å². The molecule has 3 aromatic rings. The number of carbonyl (C=O) groups excluding carboxylic acids is 1. The zero-order chi connectivity index (χ0) is 24.6. The van der Waals surface area contributed by atoms with Crippen LogP contribution in [0.1, 0.15) is 48.0 Å². The predicted molar refractivity (Wildman–Crippen MR) is 136 cm³/mol. The molecular formula is C28H31NO5S. The third-order valence-electron chi connectivity index (χ3n) is 5.90. The summed E-state index contributed by atoms with van der Waals surface area (Å²) in [7, 11) is 1.68. The summed E-state index contributed by atoms with van der Waals surface area (Å²) in [5.41, 5.74) is 3.88. The van der Waals surface area contributed by atoms with Gasteiger partial charge in [-0.15, -0.1) is 11.8 Å². The summed E-state index contributed by atoms with van der Waals surface area (Å²) in [6.07, 6.45) is 0.0379. The minimum atomic E-state index is -0.510. The molecular weight excluding hydrogens is 462 g/mol. The average molecular weight is 494 g/mol. The third kappa shape index (κ3) is 6.86. The lowest BCUT2D eigenvalue weighted by Gasteiger charge is -2.36. The number of ether oxygens (including phenoxy) is 3. The largest absolute Gasteiger partial charge is 0.496 e. The SMILES string of the molecule is COc1ccccc1SCC1CC(c2ccc(CO)cc2)OC(c2ccc(CNC(C)=O)cc2)O1. The summed E-state index contributed by atoms with van der Waals surface area (Å²) in [6, 6.07) is 23.8. The topological polar surface area (TPSA) is 77.0 Å². The molecule has 0 spiro atoms. The highest BCUT2D eigenvalue weighted by atomic mass is 32.2. The van der Waals surface area contributed by atoms with E-state index >= 15 is 0 Å². The van der Waals surface area contributed by atoms with Crippen molar-refractivity contribution in [3.8, 4) is 5.75 Å². The summed E-state index contributed by atoms with van der Waals surface area (Å²) in [5.74, 6) is 1.55.